The summed E-state index contributed by atoms with van der Waals surface area (Å²) in [6, 6.07) is 1.83. The molecule has 3 aromatic heterocycles. The van der Waals surface area contributed by atoms with Gasteiger partial charge in [0.05, 0.1) is 30.0 Å². The van der Waals surface area contributed by atoms with E-state index in [0.717, 1.165) is 24.2 Å². The topological polar surface area (TPSA) is 93.4 Å². The molecule has 0 spiro atoms. The number of hydrogen-bond acceptors (Lipinski definition) is 6. The zero-order valence-corrected chi connectivity index (χ0v) is 14.6. The minimum atomic E-state index is -3.19. The first-order chi connectivity index (χ1) is 12.0. The highest BCUT2D eigenvalue weighted by Gasteiger charge is 2.28. The van der Waals surface area contributed by atoms with Gasteiger partial charge in [-0.25, -0.2) is 27.7 Å². The molecule has 8 nitrogen and oxygen atoms in total. The van der Waals surface area contributed by atoms with Crippen molar-refractivity contribution < 1.29 is 8.42 Å². The minimum absolute atomic E-state index is 0.0493. The van der Waals surface area contributed by atoms with Crippen LogP contribution in [-0.4, -0.2) is 56.4 Å². The number of hydrogen-bond donors (Lipinski definition) is 0. The zero-order valence-electron chi connectivity index (χ0n) is 13.8. The van der Waals surface area contributed by atoms with Crippen LogP contribution in [0.2, 0.25) is 0 Å². The van der Waals surface area contributed by atoms with Crippen LogP contribution in [0.3, 0.4) is 0 Å². The van der Waals surface area contributed by atoms with Gasteiger partial charge in [0.15, 0.2) is 0 Å². The van der Waals surface area contributed by atoms with Gasteiger partial charge in [-0.2, -0.15) is 0 Å². The van der Waals surface area contributed by atoms with Crippen LogP contribution in [-0.2, 0) is 10.0 Å². The van der Waals surface area contributed by atoms with Crippen LogP contribution in [0.5, 0.6) is 0 Å². The Balaban J connectivity index is 1.68. The molecule has 9 heteroatoms. The normalized spacial score (nSPS) is 19.3. The summed E-state index contributed by atoms with van der Waals surface area (Å²) in [5.74, 6) is 0.652. The minimum Gasteiger partial charge on any atom is -0.282 e. The van der Waals surface area contributed by atoms with Gasteiger partial charge in [-0.3, -0.25) is 9.38 Å². The number of imidazole rings is 1. The average Bonchev–Trinajstić information content (AvgIpc) is 3.05. The van der Waals surface area contributed by atoms with Crippen LogP contribution >= 0.6 is 0 Å². The van der Waals surface area contributed by atoms with Crippen molar-refractivity contribution in [1.82, 2.24) is 28.6 Å². The smallest absolute Gasteiger partial charge is 0.234 e. The number of fused-ring (bicyclic) bond motifs is 1. The van der Waals surface area contributed by atoms with E-state index in [2.05, 4.69) is 15.0 Å². The predicted octanol–water partition coefficient (Wildman–Crippen LogP) is 1.33. The summed E-state index contributed by atoms with van der Waals surface area (Å²) in [5.41, 5.74) is 2.33. The molecule has 3 aromatic rings. The number of nitrogens with zero attached hydrogens (tertiary/aromatic N) is 6. The Kier molecular flexibility index (Phi) is 3.97. The maximum Gasteiger partial charge on any atom is 0.234 e. The molecule has 0 saturated carbocycles. The summed E-state index contributed by atoms with van der Waals surface area (Å²) < 4.78 is 27.0. The zero-order chi connectivity index (χ0) is 17.4. The third-order valence-electron chi connectivity index (χ3n) is 4.48. The van der Waals surface area contributed by atoms with Crippen molar-refractivity contribution >= 4 is 15.8 Å². The van der Waals surface area contributed by atoms with Gasteiger partial charge in [-0.15, -0.1) is 0 Å². The lowest BCUT2D eigenvalue weighted by atomic mass is 9.96. The number of aromatic nitrogens is 5. The Morgan fingerprint density at radius 3 is 2.92 bits per heavy atom. The van der Waals surface area contributed by atoms with Crippen LogP contribution < -0.4 is 0 Å². The van der Waals surface area contributed by atoms with Gasteiger partial charge in [-0.05, 0) is 18.9 Å². The van der Waals surface area contributed by atoms with E-state index in [9.17, 15) is 8.42 Å². The number of rotatable bonds is 3. The summed E-state index contributed by atoms with van der Waals surface area (Å²) in [4.78, 5) is 17.5. The highest BCUT2D eigenvalue weighted by molar-refractivity contribution is 7.88. The van der Waals surface area contributed by atoms with Crippen LogP contribution in [0.25, 0.3) is 17.2 Å². The molecule has 0 aromatic carbocycles. The molecule has 1 atom stereocenters. The first-order valence-electron chi connectivity index (χ1n) is 8.08. The van der Waals surface area contributed by atoms with E-state index in [1.807, 2.05) is 16.7 Å². The first-order valence-corrected chi connectivity index (χ1v) is 9.93. The molecule has 0 amide bonds. The van der Waals surface area contributed by atoms with Crippen molar-refractivity contribution in [1.29, 1.82) is 0 Å². The molecular formula is C16H18N6O2S. The van der Waals surface area contributed by atoms with Gasteiger partial charge in [0.1, 0.15) is 5.69 Å². The summed E-state index contributed by atoms with van der Waals surface area (Å²) in [6.45, 7) is 1.02. The van der Waals surface area contributed by atoms with Crippen LogP contribution in [0.1, 0.15) is 24.5 Å². The van der Waals surface area contributed by atoms with E-state index in [0.29, 0.717) is 24.6 Å². The van der Waals surface area contributed by atoms with E-state index in [1.165, 1.54) is 10.6 Å². The average molecular weight is 358 g/mol. The summed E-state index contributed by atoms with van der Waals surface area (Å²) in [7, 11) is -3.19. The SMILES string of the molecule is CS(=O)(=O)N1CCC[C@H](c2cncc(-c3cnc4ncccn34)n2)C1. The van der Waals surface area contributed by atoms with Crippen LogP contribution in [0, 0.1) is 0 Å². The van der Waals surface area contributed by atoms with Gasteiger partial charge in [-0.1, -0.05) is 0 Å². The summed E-state index contributed by atoms with van der Waals surface area (Å²) >= 11 is 0. The monoisotopic (exact) mass is 358 g/mol. The Morgan fingerprint density at radius 1 is 1.20 bits per heavy atom. The molecule has 1 fully saturated rings. The Bertz CT molecular complexity index is 1020. The van der Waals surface area contributed by atoms with Crippen LogP contribution in [0.4, 0.5) is 0 Å². The fourth-order valence-corrected chi connectivity index (χ4v) is 4.12. The largest absolute Gasteiger partial charge is 0.282 e. The third-order valence-corrected chi connectivity index (χ3v) is 5.75. The van der Waals surface area contributed by atoms with Gasteiger partial charge in [0, 0.05) is 37.6 Å². The lowest BCUT2D eigenvalue weighted by Crippen LogP contribution is -2.38. The molecule has 1 aliphatic heterocycles. The van der Waals surface area contributed by atoms with Crippen molar-refractivity contribution in [2.75, 3.05) is 19.3 Å². The molecule has 0 unspecified atom stereocenters. The first kappa shape index (κ1) is 16.1. The molecule has 0 N–H and O–H groups in total. The van der Waals surface area contributed by atoms with Gasteiger partial charge in [0.2, 0.25) is 15.8 Å². The Morgan fingerprint density at radius 2 is 2.08 bits per heavy atom. The van der Waals surface area contributed by atoms with E-state index in [-0.39, 0.29) is 5.92 Å². The fraction of sp³-hybridized carbons (Fsp3) is 0.375. The van der Waals surface area contributed by atoms with Gasteiger partial charge >= 0.3 is 0 Å². The molecule has 4 heterocycles. The lowest BCUT2D eigenvalue weighted by Gasteiger charge is -2.30. The maximum atomic E-state index is 11.8. The second-order valence-electron chi connectivity index (χ2n) is 6.22. The Labute approximate surface area is 145 Å². The van der Waals surface area contributed by atoms with Crippen molar-refractivity contribution in [3.63, 3.8) is 0 Å². The molecule has 1 saturated heterocycles. The Hall–Kier alpha value is -2.39. The highest BCUT2D eigenvalue weighted by atomic mass is 32.2. The fourth-order valence-electron chi connectivity index (χ4n) is 3.20. The highest BCUT2D eigenvalue weighted by Crippen LogP contribution is 2.28. The molecule has 0 bridgehead atoms. The molecule has 25 heavy (non-hydrogen) atoms. The standard InChI is InChI=1S/C16H18N6O2S/c1-25(23,24)21-6-2-4-12(11-21)13-8-17-9-14(20-13)15-10-19-16-18-5-3-7-22(15)16/h3,5,7-10,12H,2,4,6,11H2,1H3/t12-/m0/s1. The molecule has 0 aliphatic carbocycles. The van der Waals surface area contributed by atoms with E-state index < -0.39 is 10.0 Å². The second-order valence-corrected chi connectivity index (χ2v) is 8.20. The van der Waals surface area contributed by atoms with E-state index in [1.54, 1.807) is 24.8 Å². The van der Waals surface area contributed by atoms with Gasteiger partial charge in [0.25, 0.3) is 0 Å². The number of sulfonamides is 1. The van der Waals surface area contributed by atoms with Gasteiger partial charge < -0.3 is 0 Å². The summed E-state index contributed by atoms with van der Waals surface area (Å²) in [6.07, 6.45) is 11.7. The van der Waals surface area contributed by atoms with Crippen molar-refractivity contribution in [3.8, 4) is 11.4 Å². The molecule has 1 aliphatic rings. The molecule has 0 radical (unpaired) electrons. The summed E-state index contributed by atoms with van der Waals surface area (Å²) in [5, 5.41) is 0. The van der Waals surface area contributed by atoms with E-state index in [4.69, 9.17) is 4.98 Å². The number of piperidine rings is 1. The molecule has 130 valence electrons. The van der Waals surface area contributed by atoms with Crippen molar-refractivity contribution in [2.45, 2.75) is 18.8 Å². The van der Waals surface area contributed by atoms with Crippen molar-refractivity contribution in [3.05, 3.63) is 42.7 Å². The van der Waals surface area contributed by atoms with E-state index >= 15 is 0 Å². The molecular weight excluding hydrogens is 340 g/mol. The third kappa shape index (κ3) is 3.12. The quantitative estimate of drug-likeness (QED) is 0.701. The molecule has 4 rings (SSSR count). The maximum absolute atomic E-state index is 11.8. The lowest BCUT2D eigenvalue weighted by molar-refractivity contribution is 0.314. The predicted molar refractivity (Wildman–Crippen MR) is 92.4 cm³/mol. The van der Waals surface area contributed by atoms with Crippen molar-refractivity contribution in [2.24, 2.45) is 0 Å². The van der Waals surface area contributed by atoms with Crippen LogP contribution in [0.15, 0.2) is 37.1 Å². The second kappa shape index (κ2) is 6.16.